The van der Waals surface area contributed by atoms with Crippen molar-refractivity contribution in [1.82, 2.24) is 21.3 Å². The van der Waals surface area contributed by atoms with Gasteiger partial charge in [0, 0.05) is 13.6 Å². The summed E-state index contributed by atoms with van der Waals surface area (Å²) in [6.45, 7) is 11.9. The van der Waals surface area contributed by atoms with Gasteiger partial charge in [-0.1, -0.05) is 18.2 Å². The number of nitrogens with one attached hydrogen (secondary N) is 5. The molecule has 2 amide bonds. The SMILES string of the molecule is CNC(=N)NCCC[C@H](NC(=O)OC(C)(C)C)C(=O)NC(C)COc1c(C)cccc1C. The molecule has 0 heterocycles. The Bertz CT molecular complexity index is 756. The van der Waals surface area contributed by atoms with Crippen LogP contribution in [0.15, 0.2) is 18.2 Å². The summed E-state index contributed by atoms with van der Waals surface area (Å²) in [7, 11) is 1.65. The van der Waals surface area contributed by atoms with E-state index in [1.807, 2.05) is 39.0 Å². The molecular weight excluding hydrogens is 410 g/mol. The Balaban J connectivity index is 2.68. The first kappa shape index (κ1) is 27.1. The Morgan fingerprint density at radius 3 is 2.31 bits per heavy atom. The van der Waals surface area contributed by atoms with E-state index in [9.17, 15) is 9.59 Å². The zero-order chi connectivity index (χ0) is 24.3. The van der Waals surface area contributed by atoms with Crippen LogP contribution < -0.4 is 26.0 Å². The maximum absolute atomic E-state index is 12.9. The van der Waals surface area contributed by atoms with Gasteiger partial charge in [-0.25, -0.2) is 4.79 Å². The quantitative estimate of drug-likeness (QED) is 0.212. The Morgan fingerprint density at radius 1 is 1.12 bits per heavy atom. The first-order valence-corrected chi connectivity index (χ1v) is 10.9. The zero-order valence-corrected chi connectivity index (χ0v) is 20.3. The number of alkyl carbamates (subject to hydrolysis) is 1. The predicted octanol–water partition coefficient (Wildman–Crippen LogP) is 2.60. The van der Waals surface area contributed by atoms with E-state index < -0.39 is 17.7 Å². The number of para-hydroxylation sites is 1. The van der Waals surface area contributed by atoms with Gasteiger partial charge in [-0.15, -0.1) is 0 Å². The number of benzene rings is 1. The fourth-order valence-electron chi connectivity index (χ4n) is 2.95. The van der Waals surface area contributed by atoms with Gasteiger partial charge in [0.2, 0.25) is 5.91 Å². The third-order valence-corrected chi connectivity index (χ3v) is 4.50. The number of amides is 2. The maximum atomic E-state index is 12.9. The summed E-state index contributed by atoms with van der Waals surface area (Å²) in [6, 6.07) is 4.91. The fourth-order valence-corrected chi connectivity index (χ4v) is 2.95. The first-order valence-electron chi connectivity index (χ1n) is 10.9. The van der Waals surface area contributed by atoms with Crippen LogP contribution in [-0.2, 0) is 9.53 Å². The van der Waals surface area contributed by atoms with Crippen molar-refractivity contribution in [2.75, 3.05) is 20.2 Å². The van der Waals surface area contributed by atoms with Crippen molar-refractivity contribution in [1.29, 1.82) is 5.41 Å². The van der Waals surface area contributed by atoms with E-state index in [1.54, 1.807) is 27.8 Å². The molecule has 0 spiro atoms. The van der Waals surface area contributed by atoms with Gasteiger partial charge in [-0.05, 0) is 65.5 Å². The number of hydrogen-bond acceptors (Lipinski definition) is 5. The standard InChI is InChI=1S/C23H39N5O4/c1-15-10-8-11-16(2)19(15)31-14-17(3)27-20(29)18(12-9-13-26-21(24)25-7)28-22(30)32-23(4,5)6/h8,10-11,17-18H,9,12-14H2,1-7H3,(H,27,29)(H,28,30)(H3,24,25,26)/t17?,18-/m0/s1. The van der Waals surface area contributed by atoms with Gasteiger partial charge in [0.1, 0.15) is 24.0 Å². The molecule has 0 saturated heterocycles. The highest BCUT2D eigenvalue weighted by molar-refractivity contribution is 5.85. The van der Waals surface area contributed by atoms with Crippen LogP contribution in [0.3, 0.4) is 0 Å². The molecule has 0 aliphatic heterocycles. The van der Waals surface area contributed by atoms with Gasteiger partial charge < -0.3 is 30.7 Å². The predicted molar refractivity (Wildman–Crippen MR) is 126 cm³/mol. The van der Waals surface area contributed by atoms with Gasteiger partial charge >= 0.3 is 6.09 Å². The molecule has 0 aromatic heterocycles. The molecule has 32 heavy (non-hydrogen) atoms. The highest BCUT2D eigenvalue weighted by atomic mass is 16.6. The minimum absolute atomic E-state index is 0.198. The molecule has 1 aromatic rings. The number of hydrogen-bond donors (Lipinski definition) is 5. The normalized spacial score (nSPS) is 12.8. The Kier molecular flexibility index (Phi) is 10.8. The molecule has 0 bridgehead atoms. The summed E-state index contributed by atoms with van der Waals surface area (Å²) < 4.78 is 11.2. The summed E-state index contributed by atoms with van der Waals surface area (Å²) in [5.74, 6) is 0.704. The average molecular weight is 450 g/mol. The van der Waals surface area contributed by atoms with Crippen molar-refractivity contribution >= 4 is 18.0 Å². The van der Waals surface area contributed by atoms with E-state index in [-0.39, 0.29) is 17.9 Å². The smallest absolute Gasteiger partial charge is 0.408 e. The third-order valence-electron chi connectivity index (χ3n) is 4.50. The monoisotopic (exact) mass is 449 g/mol. The van der Waals surface area contributed by atoms with E-state index in [2.05, 4.69) is 21.3 Å². The van der Waals surface area contributed by atoms with Crippen LogP contribution in [0.2, 0.25) is 0 Å². The van der Waals surface area contributed by atoms with Crippen molar-refractivity contribution in [3.63, 3.8) is 0 Å². The van der Waals surface area contributed by atoms with Crippen molar-refractivity contribution in [3.05, 3.63) is 29.3 Å². The van der Waals surface area contributed by atoms with Crippen LogP contribution in [0.4, 0.5) is 4.79 Å². The Labute approximate surface area is 191 Å². The number of rotatable bonds is 10. The fraction of sp³-hybridized carbons (Fsp3) is 0.609. The highest BCUT2D eigenvalue weighted by Crippen LogP contribution is 2.22. The van der Waals surface area contributed by atoms with Crippen molar-refractivity contribution in [2.45, 2.75) is 72.1 Å². The lowest BCUT2D eigenvalue weighted by Gasteiger charge is -2.25. The summed E-state index contributed by atoms with van der Waals surface area (Å²) >= 11 is 0. The molecule has 0 radical (unpaired) electrons. The van der Waals surface area contributed by atoms with E-state index in [4.69, 9.17) is 14.9 Å². The minimum Gasteiger partial charge on any atom is -0.491 e. The van der Waals surface area contributed by atoms with Crippen LogP contribution in [0.25, 0.3) is 0 Å². The second-order valence-electron chi connectivity index (χ2n) is 8.83. The molecule has 2 atom stereocenters. The molecular formula is C23H39N5O4. The van der Waals surface area contributed by atoms with Crippen LogP contribution in [0.5, 0.6) is 5.75 Å². The number of aryl methyl sites for hydroxylation is 2. The van der Waals surface area contributed by atoms with E-state index >= 15 is 0 Å². The molecule has 1 rings (SSSR count). The second kappa shape index (κ2) is 12.8. The first-order chi connectivity index (χ1) is 14.9. The second-order valence-corrected chi connectivity index (χ2v) is 8.83. The van der Waals surface area contributed by atoms with Gasteiger partial charge in [0.25, 0.3) is 0 Å². The van der Waals surface area contributed by atoms with Crippen molar-refractivity contribution in [3.8, 4) is 5.75 Å². The molecule has 1 aromatic carbocycles. The van der Waals surface area contributed by atoms with E-state index in [0.29, 0.717) is 26.0 Å². The third kappa shape index (κ3) is 10.4. The Hall–Kier alpha value is -2.97. The van der Waals surface area contributed by atoms with Gasteiger partial charge in [-0.2, -0.15) is 0 Å². The van der Waals surface area contributed by atoms with Crippen molar-refractivity contribution < 1.29 is 19.1 Å². The summed E-state index contributed by atoms with van der Waals surface area (Å²) in [6.07, 6.45) is 0.318. The molecule has 9 heteroatoms. The van der Waals surface area contributed by atoms with Gasteiger partial charge in [0.05, 0.1) is 6.04 Å². The number of guanidine groups is 1. The number of carbonyl (C=O) groups excluding carboxylic acids is 2. The summed E-state index contributed by atoms with van der Waals surface area (Å²) in [5, 5.41) is 18.7. The lowest BCUT2D eigenvalue weighted by Crippen LogP contribution is -2.51. The molecule has 180 valence electrons. The largest absolute Gasteiger partial charge is 0.491 e. The van der Waals surface area contributed by atoms with Crippen LogP contribution in [-0.4, -0.2) is 55.8 Å². The molecule has 0 fully saturated rings. The van der Waals surface area contributed by atoms with Gasteiger partial charge in [0.15, 0.2) is 5.96 Å². The lowest BCUT2D eigenvalue weighted by molar-refractivity contribution is -0.124. The van der Waals surface area contributed by atoms with Crippen LogP contribution in [0.1, 0.15) is 51.7 Å². The molecule has 0 saturated carbocycles. The average Bonchev–Trinajstić information content (AvgIpc) is 2.68. The molecule has 5 N–H and O–H groups in total. The number of ether oxygens (including phenoxy) is 2. The number of carbonyl (C=O) groups is 2. The van der Waals surface area contributed by atoms with Crippen LogP contribution >= 0.6 is 0 Å². The maximum Gasteiger partial charge on any atom is 0.408 e. The van der Waals surface area contributed by atoms with Gasteiger partial charge in [-0.3, -0.25) is 10.2 Å². The molecule has 9 nitrogen and oxygen atoms in total. The Morgan fingerprint density at radius 2 is 1.75 bits per heavy atom. The van der Waals surface area contributed by atoms with E-state index in [1.165, 1.54) is 0 Å². The summed E-state index contributed by atoms with van der Waals surface area (Å²) in [4.78, 5) is 25.1. The summed E-state index contributed by atoms with van der Waals surface area (Å²) in [5.41, 5.74) is 1.40. The van der Waals surface area contributed by atoms with Crippen molar-refractivity contribution in [2.24, 2.45) is 0 Å². The van der Waals surface area contributed by atoms with E-state index in [0.717, 1.165) is 16.9 Å². The topological polar surface area (TPSA) is 125 Å². The molecule has 0 aliphatic rings. The minimum atomic E-state index is -0.766. The lowest BCUT2D eigenvalue weighted by atomic mass is 10.1. The molecule has 1 unspecified atom stereocenters. The zero-order valence-electron chi connectivity index (χ0n) is 20.3. The highest BCUT2D eigenvalue weighted by Gasteiger charge is 2.25. The van der Waals surface area contributed by atoms with Crippen LogP contribution in [0, 0.1) is 19.3 Å². The molecule has 0 aliphatic carbocycles.